The Labute approximate surface area is 102 Å². The first-order valence-corrected chi connectivity index (χ1v) is 5.94. The molecule has 0 spiro atoms. The van der Waals surface area contributed by atoms with Gasteiger partial charge < -0.3 is 5.32 Å². The van der Waals surface area contributed by atoms with E-state index in [1.54, 1.807) is 0 Å². The summed E-state index contributed by atoms with van der Waals surface area (Å²) in [4.78, 5) is 0. The first-order valence-electron chi connectivity index (χ1n) is 5.18. The molecule has 0 aliphatic carbocycles. The minimum absolute atomic E-state index is 0.456. The molecule has 1 aromatic carbocycles. The van der Waals surface area contributed by atoms with Crippen LogP contribution in [0, 0.1) is 5.92 Å². The smallest absolute Gasteiger partial charge is 0.0465 e. The normalized spacial score (nSPS) is 13.2. The number of benzene rings is 1. The van der Waals surface area contributed by atoms with Gasteiger partial charge in [0.15, 0.2) is 0 Å². The molecular weight excluding hydrogens is 229 g/mol. The summed E-state index contributed by atoms with van der Waals surface area (Å²) in [6.45, 7) is 7.25. The molecule has 1 aromatic rings. The molecule has 1 unspecified atom stereocenters. The molecule has 1 N–H and O–H groups in total. The second kappa shape index (κ2) is 5.74. The van der Waals surface area contributed by atoms with Gasteiger partial charge in [-0.2, -0.15) is 0 Å². The first kappa shape index (κ1) is 12.8. The molecule has 0 aliphatic rings. The lowest BCUT2D eigenvalue weighted by Crippen LogP contribution is -2.30. The van der Waals surface area contributed by atoms with E-state index in [4.69, 9.17) is 23.2 Å². The predicted octanol–water partition coefficient (Wildman–Crippen LogP) is 4.13. The summed E-state index contributed by atoms with van der Waals surface area (Å²) in [6.07, 6.45) is 0. The third kappa shape index (κ3) is 3.67. The first-order chi connectivity index (χ1) is 7.02. The SMILES string of the molecule is CC(C)C(C)NCc1c(Cl)cccc1Cl. The topological polar surface area (TPSA) is 12.0 Å². The average Bonchev–Trinajstić information content (AvgIpc) is 2.16. The maximum Gasteiger partial charge on any atom is 0.0465 e. The summed E-state index contributed by atoms with van der Waals surface area (Å²) in [6, 6.07) is 6.05. The van der Waals surface area contributed by atoms with Gasteiger partial charge in [-0.15, -0.1) is 0 Å². The highest BCUT2D eigenvalue weighted by molar-refractivity contribution is 6.35. The van der Waals surface area contributed by atoms with Crippen LogP contribution >= 0.6 is 23.2 Å². The van der Waals surface area contributed by atoms with Crippen molar-refractivity contribution >= 4 is 23.2 Å². The summed E-state index contributed by atoms with van der Waals surface area (Å²) in [5.74, 6) is 0.603. The average molecular weight is 246 g/mol. The van der Waals surface area contributed by atoms with Gasteiger partial charge in [-0.3, -0.25) is 0 Å². The molecule has 0 heterocycles. The molecule has 1 nitrogen and oxygen atoms in total. The van der Waals surface area contributed by atoms with Gasteiger partial charge in [0.25, 0.3) is 0 Å². The number of hydrogen-bond acceptors (Lipinski definition) is 1. The van der Waals surface area contributed by atoms with Gasteiger partial charge in [0, 0.05) is 28.2 Å². The minimum Gasteiger partial charge on any atom is -0.310 e. The third-order valence-corrected chi connectivity index (χ3v) is 3.37. The maximum absolute atomic E-state index is 6.07. The minimum atomic E-state index is 0.456. The van der Waals surface area contributed by atoms with E-state index in [1.165, 1.54) is 0 Å². The fourth-order valence-corrected chi connectivity index (χ4v) is 1.73. The van der Waals surface area contributed by atoms with Crippen LogP contribution in [0.3, 0.4) is 0 Å². The van der Waals surface area contributed by atoms with Crippen LogP contribution in [0.5, 0.6) is 0 Å². The summed E-state index contributed by atoms with van der Waals surface area (Å²) in [5, 5.41) is 4.87. The quantitative estimate of drug-likeness (QED) is 0.842. The van der Waals surface area contributed by atoms with Crippen molar-refractivity contribution in [3.05, 3.63) is 33.8 Å². The number of nitrogens with one attached hydrogen (secondary N) is 1. The van der Waals surface area contributed by atoms with E-state index in [9.17, 15) is 0 Å². The molecule has 1 atom stereocenters. The van der Waals surface area contributed by atoms with Crippen LogP contribution in [0.15, 0.2) is 18.2 Å². The lowest BCUT2D eigenvalue weighted by molar-refractivity contribution is 0.426. The summed E-state index contributed by atoms with van der Waals surface area (Å²) >= 11 is 12.1. The molecule has 0 saturated heterocycles. The van der Waals surface area contributed by atoms with Crippen LogP contribution in [-0.4, -0.2) is 6.04 Å². The van der Waals surface area contributed by atoms with Crippen molar-refractivity contribution < 1.29 is 0 Å². The van der Waals surface area contributed by atoms with Gasteiger partial charge in [-0.05, 0) is 25.0 Å². The molecule has 0 saturated carbocycles. The van der Waals surface area contributed by atoms with Crippen LogP contribution < -0.4 is 5.32 Å². The zero-order chi connectivity index (χ0) is 11.4. The Kier molecular flexibility index (Phi) is 4.91. The second-order valence-electron chi connectivity index (χ2n) is 4.11. The highest BCUT2D eigenvalue weighted by Crippen LogP contribution is 2.24. The molecule has 1 rings (SSSR count). The van der Waals surface area contributed by atoms with Crippen molar-refractivity contribution in [2.45, 2.75) is 33.4 Å². The van der Waals surface area contributed by atoms with Crippen LogP contribution in [0.2, 0.25) is 10.0 Å². The predicted molar refractivity (Wildman–Crippen MR) is 67.6 cm³/mol. The van der Waals surface area contributed by atoms with E-state index in [0.717, 1.165) is 22.2 Å². The van der Waals surface area contributed by atoms with Crippen molar-refractivity contribution in [3.63, 3.8) is 0 Å². The van der Waals surface area contributed by atoms with Crippen molar-refractivity contribution in [2.24, 2.45) is 5.92 Å². The zero-order valence-corrected chi connectivity index (χ0v) is 10.9. The molecule has 0 radical (unpaired) electrons. The van der Waals surface area contributed by atoms with E-state index >= 15 is 0 Å². The molecule has 0 bridgehead atoms. The number of rotatable bonds is 4. The number of hydrogen-bond donors (Lipinski definition) is 1. The Balaban J connectivity index is 2.65. The fraction of sp³-hybridized carbons (Fsp3) is 0.500. The largest absolute Gasteiger partial charge is 0.310 e. The Morgan fingerprint density at radius 1 is 1.13 bits per heavy atom. The Morgan fingerprint density at radius 2 is 1.67 bits per heavy atom. The monoisotopic (exact) mass is 245 g/mol. The van der Waals surface area contributed by atoms with Gasteiger partial charge >= 0.3 is 0 Å². The van der Waals surface area contributed by atoms with Crippen molar-refractivity contribution in [3.8, 4) is 0 Å². The summed E-state index contributed by atoms with van der Waals surface area (Å²) in [5.41, 5.74) is 0.980. The Morgan fingerprint density at radius 3 is 2.13 bits per heavy atom. The zero-order valence-electron chi connectivity index (χ0n) is 9.35. The van der Waals surface area contributed by atoms with Crippen molar-refractivity contribution in [1.82, 2.24) is 5.32 Å². The molecule has 0 amide bonds. The van der Waals surface area contributed by atoms with Gasteiger partial charge in [-0.25, -0.2) is 0 Å². The van der Waals surface area contributed by atoms with E-state index in [0.29, 0.717) is 12.0 Å². The van der Waals surface area contributed by atoms with Gasteiger partial charge in [-0.1, -0.05) is 43.1 Å². The lowest BCUT2D eigenvalue weighted by Gasteiger charge is -2.18. The second-order valence-corrected chi connectivity index (χ2v) is 4.93. The lowest BCUT2D eigenvalue weighted by atomic mass is 10.1. The molecule has 15 heavy (non-hydrogen) atoms. The van der Waals surface area contributed by atoms with Gasteiger partial charge in [0.05, 0.1) is 0 Å². The van der Waals surface area contributed by atoms with E-state index in [1.807, 2.05) is 18.2 Å². The molecular formula is C12H17Cl2N. The molecule has 0 aromatic heterocycles. The van der Waals surface area contributed by atoms with Crippen molar-refractivity contribution in [1.29, 1.82) is 0 Å². The Hall–Kier alpha value is -0.240. The van der Waals surface area contributed by atoms with E-state index in [2.05, 4.69) is 26.1 Å². The standard InChI is InChI=1S/C12H17Cl2N/c1-8(2)9(3)15-7-10-11(13)5-4-6-12(10)14/h4-6,8-9,15H,7H2,1-3H3. The molecule has 0 aliphatic heterocycles. The molecule has 0 fully saturated rings. The number of halogens is 2. The van der Waals surface area contributed by atoms with Crippen molar-refractivity contribution in [2.75, 3.05) is 0 Å². The fourth-order valence-electron chi connectivity index (χ4n) is 1.20. The van der Waals surface area contributed by atoms with Gasteiger partial charge in [0.1, 0.15) is 0 Å². The van der Waals surface area contributed by atoms with E-state index < -0.39 is 0 Å². The Bertz CT molecular complexity index is 303. The van der Waals surface area contributed by atoms with E-state index in [-0.39, 0.29) is 0 Å². The maximum atomic E-state index is 6.07. The third-order valence-electron chi connectivity index (χ3n) is 2.66. The summed E-state index contributed by atoms with van der Waals surface area (Å²) < 4.78 is 0. The highest BCUT2D eigenvalue weighted by Gasteiger charge is 2.09. The van der Waals surface area contributed by atoms with Crippen LogP contribution in [-0.2, 0) is 6.54 Å². The van der Waals surface area contributed by atoms with Crippen LogP contribution in [0.1, 0.15) is 26.3 Å². The summed E-state index contributed by atoms with van der Waals surface area (Å²) in [7, 11) is 0. The van der Waals surface area contributed by atoms with Gasteiger partial charge in [0.2, 0.25) is 0 Å². The highest BCUT2D eigenvalue weighted by atomic mass is 35.5. The molecule has 84 valence electrons. The van der Waals surface area contributed by atoms with Crippen LogP contribution in [0.4, 0.5) is 0 Å². The van der Waals surface area contributed by atoms with Crippen LogP contribution in [0.25, 0.3) is 0 Å². The molecule has 3 heteroatoms.